The summed E-state index contributed by atoms with van der Waals surface area (Å²) in [5.41, 5.74) is 0.551. The first-order chi connectivity index (χ1) is 10.2. The van der Waals surface area contributed by atoms with Gasteiger partial charge in [0.2, 0.25) is 0 Å². The molecule has 2 aliphatic rings. The average molecular weight is 296 g/mol. The topological polar surface area (TPSA) is 18.5 Å². The maximum atomic E-state index is 3.66. The third kappa shape index (κ3) is 5.22. The van der Waals surface area contributed by atoms with E-state index in [1.807, 2.05) is 0 Å². The van der Waals surface area contributed by atoms with Crippen molar-refractivity contribution in [2.45, 2.75) is 52.9 Å². The molecule has 0 unspecified atom stereocenters. The number of nitrogens with zero attached hydrogens (tertiary/aromatic N) is 2. The van der Waals surface area contributed by atoms with E-state index < -0.39 is 0 Å². The smallest absolute Gasteiger partial charge is 0.0110 e. The summed E-state index contributed by atoms with van der Waals surface area (Å²) in [6.07, 6.45) is 7.01. The van der Waals surface area contributed by atoms with E-state index in [-0.39, 0.29) is 0 Å². The molecule has 1 aliphatic carbocycles. The Balaban J connectivity index is 1.84. The number of hydrogen-bond donors (Lipinski definition) is 1. The minimum atomic E-state index is 0.551. The lowest BCUT2D eigenvalue weighted by Gasteiger charge is -2.45. The lowest BCUT2D eigenvalue weighted by atomic mass is 9.70. The van der Waals surface area contributed by atoms with Gasteiger partial charge in [-0.15, -0.1) is 0 Å². The van der Waals surface area contributed by atoms with Crippen LogP contribution >= 0.6 is 0 Å². The first-order valence-corrected chi connectivity index (χ1v) is 9.33. The van der Waals surface area contributed by atoms with E-state index in [4.69, 9.17) is 0 Å². The van der Waals surface area contributed by atoms with Crippen LogP contribution in [0.1, 0.15) is 52.9 Å². The van der Waals surface area contributed by atoms with Gasteiger partial charge >= 0.3 is 0 Å². The van der Waals surface area contributed by atoms with E-state index in [0.29, 0.717) is 5.41 Å². The number of hydrogen-bond acceptors (Lipinski definition) is 3. The van der Waals surface area contributed by atoms with Crippen LogP contribution in [-0.2, 0) is 0 Å². The molecule has 2 fully saturated rings. The van der Waals surface area contributed by atoms with Gasteiger partial charge in [0.25, 0.3) is 0 Å². The van der Waals surface area contributed by atoms with Crippen LogP contribution in [0.2, 0.25) is 0 Å². The summed E-state index contributed by atoms with van der Waals surface area (Å²) >= 11 is 0. The Kier molecular flexibility index (Phi) is 6.97. The molecular weight excluding hydrogens is 258 g/mol. The first-order valence-electron chi connectivity index (χ1n) is 9.33. The van der Waals surface area contributed by atoms with E-state index in [2.05, 4.69) is 35.9 Å². The Morgan fingerprint density at radius 1 is 1.00 bits per heavy atom. The third-order valence-corrected chi connectivity index (χ3v) is 5.65. The summed E-state index contributed by atoms with van der Waals surface area (Å²) in [5, 5.41) is 3.66. The molecule has 1 heterocycles. The van der Waals surface area contributed by atoms with E-state index in [0.717, 1.165) is 12.5 Å². The molecule has 0 aromatic heterocycles. The fourth-order valence-corrected chi connectivity index (χ4v) is 4.12. The largest absolute Gasteiger partial charge is 0.316 e. The molecule has 21 heavy (non-hydrogen) atoms. The minimum absolute atomic E-state index is 0.551. The lowest BCUT2D eigenvalue weighted by Crippen LogP contribution is -2.52. The molecule has 2 rings (SSSR count). The van der Waals surface area contributed by atoms with Crippen molar-refractivity contribution in [3.63, 3.8) is 0 Å². The van der Waals surface area contributed by atoms with Gasteiger partial charge in [0.1, 0.15) is 0 Å². The van der Waals surface area contributed by atoms with Crippen LogP contribution in [0.4, 0.5) is 0 Å². The van der Waals surface area contributed by atoms with Crippen molar-refractivity contribution in [2.24, 2.45) is 11.3 Å². The second-order valence-electron chi connectivity index (χ2n) is 7.58. The van der Waals surface area contributed by atoms with Gasteiger partial charge in [-0.3, -0.25) is 0 Å². The van der Waals surface area contributed by atoms with Crippen molar-refractivity contribution in [3.8, 4) is 0 Å². The van der Waals surface area contributed by atoms with Gasteiger partial charge in [-0.25, -0.2) is 0 Å². The zero-order valence-corrected chi connectivity index (χ0v) is 14.7. The van der Waals surface area contributed by atoms with E-state index in [1.54, 1.807) is 0 Å². The van der Waals surface area contributed by atoms with Crippen LogP contribution in [0, 0.1) is 11.3 Å². The van der Waals surface area contributed by atoms with Crippen LogP contribution in [0.25, 0.3) is 0 Å². The Hall–Kier alpha value is -0.120. The molecule has 1 saturated carbocycles. The van der Waals surface area contributed by atoms with Gasteiger partial charge in [0.05, 0.1) is 0 Å². The summed E-state index contributed by atoms with van der Waals surface area (Å²) < 4.78 is 0. The molecule has 0 radical (unpaired) electrons. The van der Waals surface area contributed by atoms with Gasteiger partial charge in [0, 0.05) is 39.3 Å². The molecule has 0 spiro atoms. The lowest BCUT2D eigenvalue weighted by molar-refractivity contribution is 0.0536. The molecule has 0 atom stereocenters. The normalized spacial score (nSPS) is 32.4. The maximum absolute atomic E-state index is 3.66. The van der Waals surface area contributed by atoms with Gasteiger partial charge in [0.15, 0.2) is 0 Å². The third-order valence-electron chi connectivity index (χ3n) is 5.65. The number of piperazine rings is 1. The minimum Gasteiger partial charge on any atom is -0.316 e. The maximum Gasteiger partial charge on any atom is 0.0110 e. The van der Waals surface area contributed by atoms with Crippen LogP contribution in [-0.4, -0.2) is 62.2 Å². The zero-order valence-electron chi connectivity index (χ0n) is 14.7. The molecule has 3 heteroatoms. The predicted molar refractivity (Wildman–Crippen MR) is 91.8 cm³/mol. The molecule has 0 amide bonds. The molecule has 0 aromatic rings. The Morgan fingerprint density at radius 2 is 1.62 bits per heavy atom. The highest BCUT2D eigenvalue weighted by Gasteiger charge is 2.36. The summed E-state index contributed by atoms with van der Waals surface area (Å²) in [6, 6.07) is 0. The van der Waals surface area contributed by atoms with Crippen molar-refractivity contribution in [1.29, 1.82) is 0 Å². The highest BCUT2D eigenvalue weighted by Crippen LogP contribution is 2.39. The highest BCUT2D eigenvalue weighted by molar-refractivity contribution is 4.90. The molecule has 1 aliphatic heterocycles. The van der Waals surface area contributed by atoms with Crippen molar-refractivity contribution in [2.75, 3.05) is 52.4 Å². The Labute approximate surface area is 132 Å². The van der Waals surface area contributed by atoms with Gasteiger partial charge in [-0.1, -0.05) is 33.6 Å². The van der Waals surface area contributed by atoms with Crippen LogP contribution in [0.5, 0.6) is 0 Å². The van der Waals surface area contributed by atoms with Gasteiger partial charge in [-0.05, 0) is 43.7 Å². The predicted octanol–water partition coefficient (Wildman–Crippen LogP) is 2.82. The Morgan fingerprint density at radius 3 is 2.19 bits per heavy atom. The summed E-state index contributed by atoms with van der Waals surface area (Å²) in [7, 11) is 0. The molecule has 1 saturated heterocycles. The van der Waals surface area contributed by atoms with Crippen molar-refractivity contribution >= 4 is 0 Å². The van der Waals surface area contributed by atoms with E-state index in [9.17, 15) is 0 Å². The molecule has 3 nitrogen and oxygen atoms in total. The SMILES string of the molecule is CCCN1CCN(CC2(CNCC)CCC(C)CC2)CC1. The monoisotopic (exact) mass is 295 g/mol. The van der Waals surface area contributed by atoms with Crippen LogP contribution in [0.3, 0.4) is 0 Å². The van der Waals surface area contributed by atoms with Gasteiger partial charge < -0.3 is 15.1 Å². The Bertz CT molecular complexity index is 271. The fraction of sp³-hybridized carbons (Fsp3) is 1.00. The summed E-state index contributed by atoms with van der Waals surface area (Å²) in [6.45, 7) is 17.0. The summed E-state index contributed by atoms with van der Waals surface area (Å²) in [5.74, 6) is 0.946. The second-order valence-corrected chi connectivity index (χ2v) is 7.58. The number of rotatable bonds is 7. The standard InChI is InChI=1S/C18H37N3/c1-4-10-20-11-13-21(14-12-20)16-18(15-19-5-2)8-6-17(3)7-9-18/h17,19H,4-16H2,1-3H3. The molecule has 0 aromatic carbocycles. The van der Waals surface area contributed by atoms with Crippen molar-refractivity contribution < 1.29 is 0 Å². The summed E-state index contributed by atoms with van der Waals surface area (Å²) in [4.78, 5) is 5.38. The average Bonchev–Trinajstić information content (AvgIpc) is 2.51. The van der Waals surface area contributed by atoms with Gasteiger partial charge in [-0.2, -0.15) is 0 Å². The van der Waals surface area contributed by atoms with Crippen LogP contribution in [0.15, 0.2) is 0 Å². The quantitative estimate of drug-likeness (QED) is 0.779. The molecule has 1 N–H and O–H groups in total. The van der Waals surface area contributed by atoms with Crippen molar-refractivity contribution in [1.82, 2.24) is 15.1 Å². The van der Waals surface area contributed by atoms with E-state index in [1.165, 1.54) is 77.9 Å². The molecule has 124 valence electrons. The zero-order chi connectivity index (χ0) is 15.1. The fourth-order valence-electron chi connectivity index (χ4n) is 4.12. The van der Waals surface area contributed by atoms with Crippen LogP contribution < -0.4 is 5.32 Å². The van der Waals surface area contributed by atoms with Crippen molar-refractivity contribution in [3.05, 3.63) is 0 Å². The second kappa shape index (κ2) is 8.50. The molecular formula is C18H37N3. The van der Waals surface area contributed by atoms with E-state index >= 15 is 0 Å². The molecule has 0 bridgehead atoms. The number of nitrogens with one attached hydrogen (secondary N) is 1. The highest BCUT2D eigenvalue weighted by atomic mass is 15.3. The first kappa shape index (κ1) is 17.2.